The summed E-state index contributed by atoms with van der Waals surface area (Å²) >= 11 is 0. The molecule has 31 heavy (non-hydrogen) atoms. The maximum atomic E-state index is 13.8. The number of aromatic nitrogens is 2. The third-order valence-electron chi connectivity index (χ3n) is 4.86. The van der Waals surface area contributed by atoms with Gasteiger partial charge in [0, 0.05) is 19.5 Å². The quantitative estimate of drug-likeness (QED) is 0.531. The predicted molar refractivity (Wildman–Crippen MR) is 116 cm³/mol. The van der Waals surface area contributed by atoms with E-state index < -0.39 is 0 Å². The number of carbonyl (C=O) groups is 1. The van der Waals surface area contributed by atoms with Crippen LogP contribution in [-0.2, 0) is 18.3 Å². The van der Waals surface area contributed by atoms with Crippen molar-refractivity contribution < 1.29 is 18.7 Å². The van der Waals surface area contributed by atoms with E-state index in [1.165, 1.54) is 43.1 Å². The Morgan fingerprint density at radius 3 is 2.48 bits per heavy atom. The Bertz CT molecular complexity index is 1210. The molecule has 3 aromatic rings. The summed E-state index contributed by atoms with van der Waals surface area (Å²) in [6.07, 6.45) is 1.31. The molecule has 1 aromatic heterocycles. The number of hydrogen-bond donors (Lipinski definition) is 0. The van der Waals surface area contributed by atoms with Gasteiger partial charge in [0.05, 0.1) is 12.7 Å². The van der Waals surface area contributed by atoms with Crippen molar-refractivity contribution in [3.05, 3.63) is 81.9 Å². The van der Waals surface area contributed by atoms with E-state index in [9.17, 15) is 14.0 Å². The fourth-order valence-corrected chi connectivity index (χ4v) is 3.36. The highest BCUT2D eigenvalue weighted by Crippen LogP contribution is 2.40. The maximum Gasteiger partial charge on any atom is 0.270 e. The molecule has 0 unspecified atom stereocenters. The van der Waals surface area contributed by atoms with Crippen LogP contribution in [0.1, 0.15) is 16.7 Å². The average Bonchev–Trinajstić information content (AvgIpc) is 2.72. The van der Waals surface area contributed by atoms with Crippen molar-refractivity contribution in [2.75, 3.05) is 7.11 Å². The zero-order chi connectivity index (χ0) is 22.7. The molecule has 160 valence electrons. The fourth-order valence-electron chi connectivity index (χ4n) is 3.36. The first-order valence-electron chi connectivity index (χ1n) is 9.59. The van der Waals surface area contributed by atoms with Crippen LogP contribution in [0, 0.1) is 19.7 Å². The lowest BCUT2D eigenvalue weighted by Gasteiger charge is -2.19. The molecule has 0 radical (unpaired) electrons. The van der Waals surface area contributed by atoms with Crippen LogP contribution in [0.3, 0.4) is 0 Å². The van der Waals surface area contributed by atoms with Crippen molar-refractivity contribution in [2.45, 2.75) is 20.3 Å². The molecule has 3 rings (SSSR count). The molecular weight excluding hydrogens is 399 g/mol. The van der Waals surface area contributed by atoms with Gasteiger partial charge in [-0.2, -0.15) is 5.10 Å². The van der Waals surface area contributed by atoms with Crippen LogP contribution < -0.4 is 15.0 Å². The summed E-state index contributed by atoms with van der Waals surface area (Å²) in [5.41, 5.74) is 2.39. The SMILES string of the molecule is C=CC(=O)Cc1cccc(Oc2c(C)cc(F)cc2C)c1-c1nn(C)c(=O)cc1OC. The molecule has 0 aliphatic rings. The fraction of sp³-hybridized carbons (Fsp3) is 0.208. The van der Waals surface area contributed by atoms with Crippen molar-refractivity contribution in [1.82, 2.24) is 9.78 Å². The van der Waals surface area contributed by atoms with Crippen molar-refractivity contribution in [3.8, 4) is 28.5 Å². The number of benzene rings is 2. The third-order valence-corrected chi connectivity index (χ3v) is 4.86. The number of halogens is 1. The first kappa shape index (κ1) is 22.0. The van der Waals surface area contributed by atoms with Crippen LogP contribution in [0.5, 0.6) is 17.2 Å². The maximum absolute atomic E-state index is 13.8. The Hall–Kier alpha value is -3.74. The molecule has 0 N–H and O–H groups in total. The van der Waals surface area contributed by atoms with E-state index in [1.807, 2.05) is 0 Å². The molecule has 0 saturated heterocycles. The van der Waals surface area contributed by atoms with Crippen molar-refractivity contribution >= 4 is 5.78 Å². The largest absolute Gasteiger partial charge is 0.494 e. The lowest BCUT2D eigenvalue weighted by Crippen LogP contribution is -2.20. The Morgan fingerprint density at radius 1 is 1.19 bits per heavy atom. The molecule has 0 fully saturated rings. The van der Waals surface area contributed by atoms with Crippen molar-refractivity contribution in [2.24, 2.45) is 7.05 Å². The number of methoxy groups -OCH3 is 1. The molecule has 0 amide bonds. The average molecular weight is 422 g/mol. The molecule has 0 aliphatic heterocycles. The second kappa shape index (κ2) is 8.95. The Morgan fingerprint density at radius 2 is 1.87 bits per heavy atom. The van der Waals surface area contributed by atoms with Crippen LogP contribution >= 0.6 is 0 Å². The minimum Gasteiger partial charge on any atom is -0.494 e. The van der Waals surface area contributed by atoms with E-state index in [2.05, 4.69) is 11.7 Å². The lowest BCUT2D eigenvalue weighted by atomic mass is 9.98. The Balaban J connectivity index is 2.28. The van der Waals surface area contributed by atoms with Gasteiger partial charge < -0.3 is 9.47 Å². The first-order valence-corrected chi connectivity index (χ1v) is 9.59. The zero-order valence-corrected chi connectivity index (χ0v) is 17.9. The smallest absolute Gasteiger partial charge is 0.270 e. The standard InChI is InChI=1S/C24H23FN2O4/c1-6-18(28)12-16-8-7-9-19(31-24-14(2)10-17(25)11-15(24)3)22(16)23-20(30-5)13-21(29)27(4)26-23/h6-11,13H,1,12H2,2-5H3. The van der Waals surface area contributed by atoms with Gasteiger partial charge in [-0.05, 0) is 54.8 Å². The molecule has 7 heteroatoms. The van der Waals surface area contributed by atoms with Gasteiger partial charge in [0.2, 0.25) is 0 Å². The van der Waals surface area contributed by atoms with Gasteiger partial charge in [-0.15, -0.1) is 0 Å². The number of hydrogen-bond acceptors (Lipinski definition) is 5. The Kier molecular flexibility index (Phi) is 6.34. The second-order valence-electron chi connectivity index (χ2n) is 7.13. The van der Waals surface area contributed by atoms with Gasteiger partial charge >= 0.3 is 0 Å². The summed E-state index contributed by atoms with van der Waals surface area (Å²) in [6, 6.07) is 9.36. The zero-order valence-electron chi connectivity index (χ0n) is 17.9. The van der Waals surface area contributed by atoms with Gasteiger partial charge in [-0.1, -0.05) is 18.7 Å². The van der Waals surface area contributed by atoms with E-state index in [0.717, 1.165) is 0 Å². The minimum absolute atomic E-state index is 0.0606. The normalized spacial score (nSPS) is 10.6. The number of carbonyl (C=O) groups excluding carboxylic acids is 1. The molecule has 2 aromatic carbocycles. The third kappa shape index (κ3) is 4.55. The first-order chi connectivity index (χ1) is 14.7. The van der Waals surface area contributed by atoms with Crippen LogP contribution in [-0.4, -0.2) is 22.7 Å². The highest BCUT2D eigenvalue weighted by molar-refractivity contribution is 5.93. The van der Waals surface area contributed by atoms with E-state index in [-0.39, 0.29) is 29.3 Å². The molecule has 0 bridgehead atoms. The van der Waals surface area contributed by atoms with Gasteiger partial charge in [-0.25, -0.2) is 9.07 Å². The van der Waals surface area contributed by atoms with Crippen LogP contribution in [0.2, 0.25) is 0 Å². The number of ether oxygens (including phenoxy) is 2. The van der Waals surface area contributed by atoms with Crippen LogP contribution in [0.4, 0.5) is 4.39 Å². The van der Waals surface area contributed by atoms with Gasteiger partial charge in [0.15, 0.2) is 11.5 Å². The number of rotatable bonds is 7. The highest BCUT2D eigenvalue weighted by atomic mass is 19.1. The Labute approximate surface area is 179 Å². The molecule has 0 saturated carbocycles. The molecular formula is C24H23FN2O4. The molecule has 1 heterocycles. The van der Waals surface area contributed by atoms with E-state index in [0.29, 0.717) is 39.4 Å². The van der Waals surface area contributed by atoms with E-state index in [4.69, 9.17) is 9.47 Å². The van der Waals surface area contributed by atoms with Gasteiger partial charge in [0.25, 0.3) is 5.56 Å². The molecule has 6 nitrogen and oxygen atoms in total. The summed E-state index contributed by atoms with van der Waals surface area (Å²) < 4.78 is 26.6. The predicted octanol–water partition coefficient (Wildman–Crippen LogP) is 4.30. The second-order valence-corrected chi connectivity index (χ2v) is 7.13. The van der Waals surface area contributed by atoms with Gasteiger partial charge in [-0.3, -0.25) is 9.59 Å². The van der Waals surface area contributed by atoms with Gasteiger partial charge in [0.1, 0.15) is 23.0 Å². The summed E-state index contributed by atoms with van der Waals surface area (Å²) in [6.45, 7) is 7.04. The molecule has 0 atom stereocenters. The van der Waals surface area contributed by atoms with Crippen LogP contribution in [0.15, 0.2) is 53.8 Å². The number of nitrogens with zero attached hydrogens (tertiary/aromatic N) is 2. The monoisotopic (exact) mass is 422 g/mol. The highest BCUT2D eigenvalue weighted by Gasteiger charge is 2.21. The number of ketones is 1. The summed E-state index contributed by atoms with van der Waals surface area (Å²) in [5.74, 6) is 0.611. The number of aryl methyl sites for hydroxylation is 3. The summed E-state index contributed by atoms with van der Waals surface area (Å²) in [4.78, 5) is 24.2. The van der Waals surface area contributed by atoms with E-state index in [1.54, 1.807) is 32.0 Å². The summed E-state index contributed by atoms with van der Waals surface area (Å²) in [7, 11) is 2.96. The molecule has 0 aliphatic carbocycles. The lowest BCUT2D eigenvalue weighted by molar-refractivity contribution is -0.114. The minimum atomic E-state index is -0.353. The van der Waals surface area contributed by atoms with Crippen LogP contribution in [0.25, 0.3) is 11.3 Å². The van der Waals surface area contributed by atoms with E-state index >= 15 is 0 Å². The molecule has 0 spiro atoms. The number of allylic oxidation sites excluding steroid dienone is 1. The topological polar surface area (TPSA) is 70.4 Å². The summed E-state index contributed by atoms with van der Waals surface area (Å²) in [5, 5.41) is 4.37. The van der Waals surface area contributed by atoms with Crippen molar-refractivity contribution in [3.63, 3.8) is 0 Å². The van der Waals surface area contributed by atoms with Crippen molar-refractivity contribution in [1.29, 1.82) is 0 Å².